The Morgan fingerprint density at radius 3 is 1.17 bits per heavy atom. The molecule has 0 saturated carbocycles. The van der Waals surface area contributed by atoms with Gasteiger partial charge in [0, 0.05) is 67.6 Å². The molecule has 2 unspecified atom stereocenters. The van der Waals surface area contributed by atoms with Crippen molar-refractivity contribution >= 4 is 50.8 Å². The van der Waals surface area contributed by atoms with Crippen LogP contribution in [-0.2, 0) is 66.2 Å². The van der Waals surface area contributed by atoms with Crippen LogP contribution in [0.3, 0.4) is 0 Å². The first-order valence-electron chi connectivity index (χ1n) is 34.4. The molecule has 15 nitrogen and oxygen atoms in total. The van der Waals surface area contributed by atoms with Crippen molar-refractivity contribution in [3.63, 3.8) is 0 Å². The maximum atomic E-state index is 16.1. The summed E-state index contributed by atoms with van der Waals surface area (Å²) in [7, 11) is 0. The molecule has 2 fully saturated rings. The van der Waals surface area contributed by atoms with Gasteiger partial charge >= 0.3 is 42.6 Å². The number of carbonyl (C=O) groups excluding carboxylic acids is 3. The Morgan fingerprint density at radius 1 is 0.505 bits per heavy atom. The highest BCUT2D eigenvalue weighted by molar-refractivity contribution is 7.59. The second-order valence-electron chi connectivity index (χ2n) is 28.1. The maximum Gasteiger partial charge on any atom is 0.419 e. The summed E-state index contributed by atoms with van der Waals surface area (Å²) in [5, 5.41) is 11.7. The molecule has 6 aromatic rings. The fraction of sp³-hybridized carbons (Fsp3) is 0.500. The maximum absolute atomic E-state index is 16.1. The zero-order valence-corrected chi connectivity index (χ0v) is 64.2. The van der Waals surface area contributed by atoms with Gasteiger partial charge in [-0.25, -0.2) is 22.4 Å². The minimum Gasteiger partial charge on any atom is -0.480 e. The first kappa shape index (κ1) is 93.5. The topological polar surface area (TPSA) is 196 Å². The molecule has 4 heterocycles. The summed E-state index contributed by atoms with van der Waals surface area (Å²) in [6.45, 7) is 21.5. The highest BCUT2D eigenvalue weighted by Gasteiger charge is 2.43. The quantitative estimate of drug-likeness (QED) is 0.0363. The number of halogens is 16. The highest BCUT2D eigenvalue weighted by atomic mass is 32.1. The summed E-state index contributed by atoms with van der Waals surface area (Å²) < 4.78 is 237. The van der Waals surface area contributed by atoms with Crippen molar-refractivity contribution in [2.75, 3.05) is 52.5 Å². The smallest absolute Gasteiger partial charge is 0.419 e. The Balaban J connectivity index is 0.000000377. The van der Waals surface area contributed by atoms with Gasteiger partial charge in [0.25, 0.3) is 11.1 Å². The van der Waals surface area contributed by atoms with Gasteiger partial charge in [-0.2, -0.15) is 79.7 Å². The molecule has 2 aromatic heterocycles. The molecule has 4 aromatic carbocycles. The number of hydrogen-bond acceptors (Lipinski definition) is 11. The number of hydrogen-bond donors (Lipinski definition) is 3. The lowest BCUT2D eigenvalue weighted by atomic mass is 9.89. The van der Waals surface area contributed by atoms with Gasteiger partial charge in [-0.1, -0.05) is 35.4 Å². The van der Waals surface area contributed by atoms with Gasteiger partial charge in [0.15, 0.2) is 0 Å². The predicted octanol–water partition coefficient (Wildman–Crippen LogP) is 16.9. The number of carboxylic acids is 1. The first-order chi connectivity index (χ1) is 49.3. The van der Waals surface area contributed by atoms with Gasteiger partial charge in [-0.05, 0) is 215 Å². The zero-order valence-electron chi connectivity index (χ0n) is 62.2. The van der Waals surface area contributed by atoms with Gasteiger partial charge in [0.1, 0.15) is 35.1 Å². The number of rotatable bonds is 25. The number of benzene rings is 4. The summed E-state index contributed by atoms with van der Waals surface area (Å²) in [4.78, 5) is 79.4. The third-order valence-electron chi connectivity index (χ3n) is 18.0. The second-order valence-corrected chi connectivity index (χ2v) is 28.1. The molecule has 604 valence electrons. The summed E-state index contributed by atoms with van der Waals surface area (Å²) in [6, 6.07) is 5.09. The molecule has 4 atom stereocenters. The van der Waals surface area contributed by atoms with Crippen LogP contribution in [0.1, 0.15) is 182 Å². The molecule has 2 aliphatic rings. The van der Waals surface area contributed by atoms with Crippen LogP contribution in [0.2, 0.25) is 0 Å². The number of aryl methyl sites for hydroxylation is 6. The number of nitrogens with two attached hydrogens (primary N) is 1. The number of carbonyl (C=O) groups is 4. The van der Waals surface area contributed by atoms with Crippen molar-refractivity contribution < 1.29 is 104 Å². The van der Waals surface area contributed by atoms with Crippen LogP contribution < -0.4 is 22.2 Å². The van der Waals surface area contributed by atoms with Crippen molar-refractivity contribution in [1.29, 1.82) is 0 Å². The minimum absolute atomic E-state index is 0. The number of esters is 2. The third kappa shape index (κ3) is 25.6. The SMILES string of the molecule is CC(C)(F)CC(C(=O)O)n1cc(CCN2CCC2)c(C(F)(F)F)cc1=O.CCOC(=O)C[C@H](N)c1cc(-c2c(C)cc(C)cc2C)cc(C(F)(F)F)c1F.CCOC(=O)C[C@H](NC(=O)C(CC(C)(C)F)n1cc(CCN2CCC2)c(C(F)(F)F)cc1=O)c1cc(-c2c(C)cc(C)cc2C)cc(C(F)(F)F)c1F.S.S. The lowest BCUT2D eigenvalue weighted by Gasteiger charge is -2.31. The predicted molar refractivity (Wildman–Crippen MR) is 389 cm³/mol. The minimum atomic E-state index is -5.22. The van der Waals surface area contributed by atoms with Crippen LogP contribution in [0.5, 0.6) is 0 Å². The van der Waals surface area contributed by atoms with E-state index in [2.05, 4.69) is 5.32 Å². The molecule has 0 aliphatic carbocycles. The van der Waals surface area contributed by atoms with Gasteiger partial charge in [-0.3, -0.25) is 24.0 Å². The monoisotopic (exact) mass is 1600 g/mol. The van der Waals surface area contributed by atoms with Gasteiger partial charge in [0.05, 0.1) is 54.4 Å². The zero-order chi connectivity index (χ0) is 80.6. The third-order valence-corrected chi connectivity index (χ3v) is 18.0. The standard InChI is InChI=1S/C38H43F8N3O4.C21H23F4NO2.C17H22F4N2O3.2H2S/c1-7-53-32(51)18-29(26-15-25(16-28(34(26)39)38(44,45)46)33-22(3)13-21(2)14-23(33)4)47-35(52)30(19-36(5,6)40)49-20-24(9-12-48-10-8-11-48)27(17-31(49)50)37(41,42)43;1-5-28-18(27)10-17(26)15-8-14(9-16(20(15)22)21(23,24)25)19-12(3)6-11(2)7-13(19)4;1-16(2,18)9-13(15(25)26)23-10-11(4-7-22-5-3-6-22)12(8-14(23)24)17(19,20)21;;/h13-17,20,29-30H,7-12,18-19H2,1-6H3,(H,47,52);6-9,17H,5,10,26H2,1-4H3;8,10,13H,3-7,9H2,1-2H3,(H,25,26);2*1H2/t29-,30?;17-;;;/m00.../s1. The van der Waals surface area contributed by atoms with Crippen molar-refractivity contribution in [2.45, 2.75) is 195 Å². The van der Waals surface area contributed by atoms with Gasteiger partial charge < -0.3 is 44.6 Å². The molecule has 8 rings (SSSR count). The van der Waals surface area contributed by atoms with Crippen molar-refractivity contribution in [1.82, 2.24) is 24.3 Å². The number of aromatic nitrogens is 2. The molecular formula is C76H92F16N6O9S2. The Hall–Kier alpha value is -7.88. The van der Waals surface area contributed by atoms with E-state index in [0.717, 1.165) is 100 Å². The fourth-order valence-electron chi connectivity index (χ4n) is 13.1. The lowest BCUT2D eigenvalue weighted by Crippen LogP contribution is -2.42. The van der Waals surface area contributed by atoms with Crippen LogP contribution in [-0.4, -0.2) is 112 Å². The molecule has 2 aliphatic heterocycles. The number of nitrogens with zero attached hydrogens (tertiary/aromatic N) is 4. The number of amides is 1. The Bertz CT molecular complexity index is 4280. The number of nitrogens with one attached hydrogen (secondary N) is 1. The lowest BCUT2D eigenvalue weighted by molar-refractivity contribution is -0.145. The number of carboxylic acid groups (broad SMARTS) is 1. The van der Waals surface area contributed by atoms with Crippen LogP contribution in [0.15, 0.2) is 82.6 Å². The number of aliphatic carboxylic acids is 1. The van der Waals surface area contributed by atoms with E-state index in [9.17, 15) is 95.3 Å². The van der Waals surface area contributed by atoms with E-state index in [4.69, 9.17) is 15.2 Å². The van der Waals surface area contributed by atoms with E-state index in [1.165, 1.54) is 13.0 Å². The average molecular weight is 1600 g/mol. The molecule has 1 amide bonds. The molecule has 0 spiro atoms. The molecule has 109 heavy (non-hydrogen) atoms. The molecule has 4 N–H and O–H groups in total. The normalized spacial score (nSPS) is 14.7. The Labute approximate surface area is 634 Å². The van der Waals surface area contributed by atoms with Crippen molar-refractivity contribution in [3.05, 3.63) is 183 Å². The molecule has 33 heteroatoms. The van der Waals surface area contributed by atoms with E-state index in [0.29, 0.717) is 69.2 Å². The number of pyridine rings is 2. The molecule has 0 radical (unpaired) electrons. The number of ether oxygens (including phenoxy) is 2. The second kappa shape index (κ2) is 37.9. The summed E-state index contributed by atoms with van der Waals surface area (Å²) >= 11 is 0. The van der Waals surface area contributed by atoms with Crippen LogP contribution in [0, 0.1) is 53.2 Å². The summed E-state index contributed by atoms with van der Waals surface area (Å²) in [5.74, 6) is -7.69. The largest absolute Gasteiger partial charge is 0.480 e. The van der Waals surface area contributed by atoms with E-state index >= 15 is 8.78 Å². The molecule has 0 bridgehead atoms. The first-order valence-corrected chi connectivity index (χ1v) is 34.4. The number of likely N-dealkylation sites (tertiary alicyclic amines) is 2. The molecule has 2 saturated heterocycles. The van der Waals surface area contributed by atoms with E-state index < -0.39 is 160 Å². The average Bonchev–Trinajstić information content (AvgIpc) is 0.770. The Morgan fingerprint density at radius 2 is 0.844 bits per heavy atom. The summed E-state index contributed by atoms with van der Waals surface area (Å²) in [6.07, 6.45) is -18.9. The van der Waals surface area contributed by atoms with Crippen molar-refractivity contribution in [3.8, 4) is 22.3 Å². The van der Waals surface area contributed by atoms with Crippen molar-refractivity contribution in [2.24, 2.45) is 5.73 Å². The number of alkyl halides is 14. The van der Waals surface area contributed by atoms with Gasteiger partial charge in [0.2, 0.25) is 5.91 Å². The highest BCUT2D eigenvalue weighted by Crippen LogP contribution is 2.43. The molecular weight excluding hydrogens is 1510 g/mol. The van der Waals surface area contributed by atoms with E-state index in [-0.39, 0.29) is 87.4 Å². The Kier molecular flexibility index (Phi) is 32.5. The van der Waals surface area contributed by atoms with Crippen LogP contribution in [0.25, 0.3) is 22.3 Å². The van der Waals surface area contributed by atoms with E-state index in [1.807, 2.05) is 28.9 Å². The van der Waals surface area contributed by atoms with Crippen LogP contribution in [0.4, 0.5) is 70.2 Å². The van der Waals surface area contributed by atoms with E-state index in [1.54, 1.807) is 53.7 Å². The van der Waals surface area contributed by atoms with Crippen LogP contribution >= 0.6 is 27.0 Å². The van der Waals surface area contributed by atoms with Gasteiger partial charge in [-0.15, -0.1) is 0 Å². The summed E-state index contributed by atoms with van der Waals surface area (Å²) in [5.41, 5.74) is -2.10. The fourth-order valence-corrected chi connectivity index (χ4v) is 13.1.